The first-order valence-electron chi connectivity index (χ1n) is 5.41. The van der Waals surface area contributed by atoms with E-state index in [4.69, 9.17) is 16.3 Å². The van der Waals surface area contributed by atoms with Crippen LogP contribution >= 0.6 is 11.6 Å². The molecule has 1 heterocycles. The Morgan fingerprint density at radius 3 is 2.93 bits per heavy atom. The molecule has 0 aromatic carbocycles. The van der Waals surface area contributed by atoms with Gasteiger partial charge in [-0.25, -0.2) is 0 Å². The van der Waals surface area contributed by atoms with Crippen molar-refractivity contribution in [2.45, 2.75) is 43.7 Å². The minimum atomic E-state index is 0.226. The summed E-state index contributed by atoms with van der Waals surface area (Å²) >= 11 is 5.73. The summed E-state index contributed by atoms with van der Waals surface area (Å²) in [5, 5.41) is 4.13. The van der Waals surface area contributed by atoms with Crippen LogP contribution in [0.5, 0.6) is 0 Å². The average molecular weight is 216 g/mol. The number of halogens is 1. The third-order valence-electron chi connectivity index (χ3n) is 3.34. The maximum atomic E-state index is 5.84. The van der Waals surface area contributed by atoms with Crippen LogP contribution in [-0.4, -0.2) is 24.8 Å². The molecule has 14 heavy (non-hydrogen) atoms. The first kappa shape index (κ1) is 10.5. The summed E-state index contributed by atoms with van der Waals surface area (Å²) in [6.45, 7) is 5.30. The fourth-order valence-electron chi connectivity index (χ4n) is 2.38. The molecule has 0 radical (unpaired) electrons. The van der Waals surface area contributed by atoms with Crippen molar-refractivity contribution in [2.24, 2.45) is 0 Å². The second kappa shape index (κ2) is 4.21. The Bertz CT molecular complexity index is 225. The van der Waals surface area contributed by atoms with Gasteiger partial charge in [0, 0.05) is 24.2 Å². The minimum absolute atomic E-state index is 0.226. The Morgan fingerprint density at radius 1 is 1.57 bits per heavy atom. The zero-order valence-electron chi connectivity index (χ0n) is 8.52. The lowest BCUT2D eigenvalue weighted by atomic mass is 9.74. The predicted octanol–water partition coefficient (Wildman–Crippen LogP) is 2.43. The molecule has 1 unspecified atom stereocenters. The molecule has 2 aliphatic rings. The maximum Gasteiger partial charge on any atom is 0.0697 e. The molecule has 1 saturated carbocycles. The smallest absolute Gasteiger partial charge is 0.0697 e. The molecule has 0 aromatic heterocycles. The van der Waals surface area contributed by atoms with Crippen molar-refractivity contribution >= 4 is 11.6 Å². The number of hydrogen-bond donors (Lipinski definition) is 1. The van der Waals surface area contributed by atoms with Gasteiger partial charge in [-0.3, -0.25) is 0 Å². The summed E-state index contributed by atoms with van der Waals surface area (Å²) in [4.78, 5) is 0. The van der Waals surface area contributed by atoms with Gasteiger partial charge in [-0.2, -0.15) is 0 Å². The van der Waals surface area contributed by atoms with E-state index in [-0.39, 0.29) is 5.60 Å². The van der Waals surface area contributed by atoms with Crippen LogP contribution in [0, 0.1) is 0 Å². The molecular formula is C11H18ClNO. The largest absolute Gasteiger partial charge is 0.375 e. The molecule has 0 aromatic rings. The van der Waals surface area contributed by atoms with E-state index in [2.05, 4.69) is 11.9 Å². The molecule has 2 nitrogen and oxygen atoms in total. The van der Waals surface area contributed by atoms with Crippen LogP contribution in [0.1, 0.15) is 32.1 Å². The van der Waals surface area contributed by atoms with E-state index in [0.717, 1.165) is 26.0 Å². The van der Waals surface area contributed by atoms with Crippen LogP contribution in [0.25, 0.3) is 0 Å². The standard InChI is InChI=1S/C11H18ClNO/c1-9(12)8-13-10-3-6-14-11(7-10)4-2-5-11/h10,13H,1-8H2. The molecule has 0 bridgehead atoms. The predicted molar refractivity (Wildman–Crippen MR) is 58.6 cm³/mol. The molecular weight excluding hydrogens is 198 g/mol. The normalized spacial score (nSPS) is 29.9. The monoisotopic (exact) mass is 215 g/mol. The average Bonchev–Trinajstić information content (AvgIpc) is 2.13. The van der Waals surface area contributed by atoms with Gasteiger partial charge in [0.1, 0.15) is 0 Å². The van der Waals surface area contributed by atoms with E-state index in [9.17, 15) is 0 Å². The van der Waals surface area contributed by atoms with Gasteiger partial charge in [-0.1, -0.05) is 18.2 Å². The number of ether oxygens (including phenoxy) is 1. The minimum Gasteiger partial charge on any atom is -0.375 e. The fraction of sp³-hybridized carbons (Fsp3) is 0.818. The van der Waals surface area contributed by atoms with Crippen LogP contribution in [0.4, 0.5) is 0 Å². The summed E-state index contributed by atoms with van der Waals surface area (Å²) in [6, 6.07) is 0.569. The Labute approximate surface area is 90.7 Å². The van der Waals surface area contributed by atoms with Gasteiger partial charge in [0.25, 0.3) is 0 Å². The second-order valence-electron chi connectivity index (χ2n) is 4.47. The second-order valence-corrected chi connectivity index (χ2v) is 5.01. The molecule has 3 heteroatoms. The highest BCUT2D eigenvalue weighted by molar-refractivity contribution is 6.29. The van der Waals surface area contributed by atoms with E-state index >= 15 is 0 Å². The van der Waals surface area contributed by atoms with Crippen LogP contribution in [-0.2, 0) is 4.74 Å². The molecule has 1 atom stereocenters. The molecule has 1 spiro atoms. The molecule has 80 valence electrons. The van der Waals surface area contributed by atoms with Crippen molar-refractivity contribution in [3.05, 3.63) is 11.6 Å². The van der Waals surface area contributed by atoms with Crippen molar-refractivity contribution < 1.29 is 4.74 Å². The van der Waals surface area contributed by atoms with Crippen molar-refractivity contribution in [1.82, 2.24) is 5.32 Å². The van der Waals surface area contributed by atoms with Gasteiger partial charge in [0.15, 0.2) is 0 Å². The van der Waals surface area contributed by atoms with E-state index in [1.54, 1.807) is 0 Å². The molecule has 1 aliphatic carbocycles. The Hall–Kier alpha value is -0.0500. The summed E-state index contributed by atoms with van der Waals surface area (Å²) in [5.74, 6) is 0. The number of nitrogens with one attached hydrogen (secondary N) is 1. The quantitative estimate of drug-likeness (QED) is 0.781. The molecule has 2 rings (SSSR count). The SMILES string of the molecule is C=C(Cl)CNC1CCOC2(CCC2)C1. The highest BCUT2D eigenvalue weighted by atomic mass is 35.5. The third-order valence-corrected chi connectivity index (χ3v) is 3.47. The molecule has 1 N–H and O–H groups in total. The first-order valence-corrected chi connectivity index (χ1v) is 5.79. The number of hydrogen-bond acceptors (Lipinski definition) is 2. The Kier molecular flexibility index (Phi) is 3.15. The van der Waals surface area contributed by atoms with E-state index in [1.807, 2.05) is 0 Å². The van der Waals surface area contributed by atoms with Crippen molar-refractivity contribution in [1.29, 1.82) is 0 Å². The lowest BCUT2D eigenvalue weighted by Crippen LogP contribution is -2.51. The van der Waals surface area contributed by atoms with Crippen molar-refractivity contribution in [3.63, 3.8) is 0 Å². The van der Waals surface area contributed by atoms with Crippen LogP contribution in [0.15, 0.2) is 11.6 Å². The maximum absolute atomic E-state index is 5.84. The van der Waals surface area contributed by atoms with Gasteiger partial charge < -0.3 is 10.1 Å². The van der Waals surface area contributed by atoms with E-state index in [0.29, 0.717) is 11.1 Å². The fourth-order valence-corrected chi connectivity index (χ4v) is 2.45. The zero-order chi connectivity index (χ0) is 10.0. The van der Waals surface area contributed by atoms with Crippen molar-refractivity contribution in [3.8, 4) is 0 Å². The van der Waals surface area contributed by atoms with E-state index < -0.39 is 0 Å². The highest BCUT2D eigenvalue weighted by Crippen LogP contribution is 2.42. The summed E-state index contributed by atoms with van der Waals surface area (Å²) < 4.78 is 5.84. The Balaban J connectivity index is 1.79. The van der Waals surface area contributed by atoms with Gasteiger partial charge >= 0.3 is 0 Å². The summed E-state index contributed by atoms with van der Waals surface area (Å²) in [6.07, 6.45) is 6.07. The van der Waals surface area contributed by atoms with Gasteiger partial charge in [0.2, 0.25) is 0 Å². The zero-order valence-corrected chi connectivity index (χ0v) is 9.28. The summed E-state index contributed by atoms with van der Waals surface area (Å²) in [5.41, 5.74) is 0.226. The molecule has 0 amide bonds. The molecule has 1 saturated heterocycles. The lowest BCUT2D eigenvalue weighted by Gasteiger charge is -2.47. The van der Waals surface area contributed by atoms with Gasteiger partial charge in [-0.05, 0) is 32.1 Å². The first-order chi connectivity index (χ1) is 6.70. The topological polar surface area (TPSA) is 21.3 Å². The highest BCUT2D eigenvalue weighted by Gasteiger charge is 2.42. The Morgan fingerprint density at radius 2 is 2.36 bits per heavy atom. The molecule has 1 aliphatic heterocycles. The van der Waals surface area contributed by atoms with Crippen LogP contribution < -0.4 is 5.32 Å². The van der Waals surface area contributed by atoms with Crippen molar-refractivity contribution in [2.75, 3.05) is 13.2 Å². The molecule has 2 fully saturated rings. The number of rotatable bonds is 3. The van der Waals surface area contributed by atoms with Gasteiger partial charge in [-0.15, -0.1) is 0 Å². The van der Waals surface area contributed by atoms with E-state index in [1.165, 1.54) is 19.3 Å². The summed E-state index contributed by atoms with van der Waals surface area (Å²) in [7, 11) is 0. The lowest BCUT2D eigenvalue weighted by molar-refractivity contribution is -0.135. The van der Waals surface area contributed by atoms with Crippen LogP contribution in [0.3, 0.4) is 0 Å². The van der Waals surface area contributed by atoms with Gasteiger partial charge in [0.05, 0.1) is 5.60 Å². The third kappa shape index (κ3) is 2.30. The van der Waals surface area contributed by atoms with Crippen LogP contribution in [0.2, 0.25) is 0 Å².